The Labute approximate surface area is 139 Å². The van der Waals surface area contributed by atoms with Crippen LogP contribution in [0.2, 0.25) is 0 Å². The van der Waals surface area contributed by atoms with Crippen LogP contribution < -0.4 is 0 Å². The Morgan fingerprint density at radius 3 is 2.04 bits per heavy atom. The van der Waals surface area contributed by atoms with Gasteiger partial charge in [0.05, 0.1) is 0 Å². The van der Waals surface area contributed by atoms with E-state index in [-0.39, 0.29) is 16.4 Å². The minimum absolute atomic E-state index is 0.0199. The lowest BCUT2D eigenvalue weighted by molar-refractivity contribution is -0.0496. The number of aromatic hydroxyl groups is 1. The van der Waals surface area contributed by atoms with Crippen LogP contribution in [0.5, 0.6) is 5.75 Å². The second-order valence-corrected chi connectivity index (χ2v) is 9.78. The fourth-order valence-electron chi connectivity index (χ4n) is 2.01. The highest BCUT2D eigenvalue weighted by molar-refractivity contribution is 8.32. The SMILES string of the molecule is CS(Cc1ccccc1)(OS(=O)(=O)C(F)(F)F)c1ccc(O)cc1. The summed E-state index contributed by atoms with van der Waals surface area (Å²) in [4.78, 5) is 0.275. The molecule has 0 spiro atoms. The van der Waals surface area contributed by atoms with E-state index in [0.717, 1.165) is 0 Å². The Bertz CT molecular complexity index is 790. The molecule has 2 rings (SSSR count). The summed E-state index contributed by atoms with van der Waals surface area (Å²) in [6.07, 6.45) is 1.34. The summed E-state index contributed by atoms with van der Waals surface area (Å²) in [7, 11) is -8.61. The van der Waals surface area contributed by atoms with Gasteiger partial charge in [-0.2, -0.15) is 21.6 Å². The molecule has 0 aliphatic rings. The van der Waals surface area contributed by atoms with Crippen molar-refractivity contribution in [2.75, 3.05) is 6.26 Å². The van der Waals surface area contributed by atoms with Gasteiger partial charge in [0.2, 0.25) is 0 Å². The summed E-state index contributed by atoms with van der Waals surface area (Å²) in [5, 5.41) is 9.34. The first kappa shape index (κ1) is 18.6. The second-order valence-electron chi connectivity index (χ2n) is 5.10. The van der Waals surface area contributed by atoms with Gasteiger partial charge < -0.3 is 5.11 Å². The molecule has 0 bridgehead atoms. The fraction of sp³-hybridized carbons (Fsp3) is 0.200. The van der Waals surface area contributed by atoms with Crippen molar-refractivity contribution in [3.63, 3.8) is 0 Å². The first-order valence-electron chi connectivity index (χ1n) is 6.65. The van der Waals surface area contributed by atoms with Gasteiger partial charge in [0.25, 0.3) is 0 Å². The van der Waals surface area contributed by atoms with Crippen molar-refractivity contribution in [2.45, 2.75) is 16.2 Å². The maximum absolute atomic E-state index is 12.7. The largest absolute Gasteiger partial charge is 0.523 e. The van der Waals surface area contributed by atoms with Crippen LogP contribution in [0.25, 0.3) is 0 Å². The van der Waals surface area contributed by atoms with Crippen LogP contribution in [0.1, 0.15) is 5.56 Å². The molecule has 132 valence electrons. The maximum atomic E-state index is 12.7. The summed E-state index contributed by atoms with van der Waals surface area (Å²) < 4.78 is 65.9. The van der Waals surface area contributed by atoms with Gasteiger partial charge in [-0.15, -0.1) is 0 Å². The van der Waals surface area contributed by atoms with E-state index in [0.29, 0.717) is 5.56 Å². The van der Waals surface area contributed by atoms with Crippen molar-refractivity contribution in [3.8, 4) is 5.75 Å². The zero-order valence-corrected chi connectivity index (χ0v) is 14.2. The summed E-state index contributed by atoms with van der Waals surface area (Å²) >= 11 is 0. The molecule has 24 heavy (non-hydrogen) atoms. The first-order chi connectivity index (χ1) is 11.0. The van der Waals surface area contributed by atoms with Crippen molar-refractivity contribution in [2.24, 2.45) is 0 Å². The molecule has 0 amide bonds. The lowest BCUT2D eigenvalue weighted by Gasteiger charge is -2.35. The predicted octanol–water partition coefficient (Wildman–Crippen LogP) is 4.17. The number of benzene rings is 2. The third-order valence-electron chi connectivity index (χ3n) is 3.14. The van der Waals surface area contributed by atoms with Gasteiger partial charge in [0.1, 0.15) is 5.75 Å². The lowest BCUT2D eigenvalue weighted by atomic mass is 10.2. The highest BCUT2D eigenvalue weighted by Crippen LogP contribution is 2.58. The standard InChI is InChI=1S/C15H15F3O4S2/c1-23(11-12-5-3-2-4-6-12,14-9-7-13(19)8-10-14)22-24(20,21)15(16,17)18/h2-10,19H,11H2,1H3. The van der Waals surface area contributed by atoms with Crippen LogP contribution in [-0.2, 0) is 19.5 Å². The van der Waals surface area contributed by atoms with Crippen LogP contribution in [0.15, 0.2) is 59.5 Å². The van der Waals surface area contributed by atoms with E-state index in [2.05, 4.69) is 3.63 Å². The summed E-state index contributed by atoms with van der Waals surface area (Å²) in [5.41, 5.74) is -4.87. The molecule has 1 atom stereocenters. The van der Waals surface area contributed by atoms with Gasteiger partial charge in [-0.05, 0) is 36.1 Å². The lowest BCUT2D eigenvalue weighted by Crippen LogP contribution is -2.27. The van der Waals surface area contributed by atoms with Crippen molar-refractivity contribution in [1.82, 2.24) is 0 Å². The topological polar surface area (TPSA) is 63.6 Å². The highest BCUT2D eigenvalue weighted by atomic mass is 32.3. The number of phenols is 1. The van der Waals surface area contributed by atoms with Gasteiger partial charge in [-0.25, -0.2) is 3.63 Å². The van der Waals surface area contributed by atoms with E-state index in [4.69, 9.17) is 0 Å². The van der Waals surface area contributed by atoms with Crippen LogP contribution in [0.4, 0.5) is 13.2 Å². The Morgan fingerprint density at radius 1 is 1.00 bits per heavy atom. The van der Waals surface area contributed by atoms with Crippen LogP contribution in [0, 0.1) is 0 Å². The average Bonchev–Trinajstić information content (AvgIpc) is 2.47. The molecule has 4 nitrogen and oxygen atoms in total. The maximum Gasteiger partial charge on any atom is 0.523 e. The van der Waals surface area contributed by atoms with E-state index < -0.39 is 25.9 Å². The van der Waals surface area contributed by atoms with E-state index >= 15 is 0 Å². The molecule has 0 saturated carbocycles. The number of rotatable bonds is 5. The average molecular weight is 380 g/mol. The Balaban J connectivity index is 2.47. The fourth-order valence-corrected chi connectivity index (χ4v) is 6.11. The summed E-state index contributed by atoms with van der Waals surface area (Å²) in [5.74, 6) is -0.104. The molecule has 0 aromatic heterocycles. The molecule has 2 aromatic carbocycles. The highest BCUT2D eigenvalue weighted by Gasteiger charge is 2.50. The molecular weight excluding hydrogens is 365 g/mol. The zero-order valence-electron chi connectivity index (χ0n) is 12.5. The van der Waals surface area contributed by atoms with Crippen LogP contribution >= 0.6 is 10.3 Å². The Hall–Kier alpha value is -1.71. The molecular formula is C15H15F3O4S2. The van der Waals surface area contributed by atoms with Crippen molar-refractivity contribution in [1.29, 1.82) is 0 Å². The molecule has 1 unspecified atom stereocenters. The van der Waals surface area contributed by atoms with E-state index in [1.165, 1.54) is 30.5 Å². The Morgan fingerprint density at radius 2 is 1.54 bits per heavy atom. The molecule has 0 saturated heterocycles. The number of alkyl halides is 3. The molecule has 1 N–H and O–H groups in total. The van der Waals surface area contributed by atoms with Gasteiger partial charge in [0, 0.05) is 10.6 Å². The number of hydrogen-bond donors (Lipinski definition) is 1. The van der Waals surface area contributed by atoms with Crippen molar-refractivity contribution >= 4 is 20.4 Å². The summed E-state index contributed by atoms with van der Waals surface area (Å²) in [6.45, 7) is 0. The number of hydrogen-bond acceptors (Lipinski definition) is 4. The minimum atomic E-state index is -5.76. The van der Waals surface area contributed by atoms with Crippen LogP contribution in [-0.4, -0.2) is 25.3 Å². The third kappa shape index (κ3) is 4.22. The third-order valence-corrected chi connectivity index (χ3v) is 7.78. The quantitative estimate of drug-likeness (QED) is 0.791. The number of halogens is 3. The van der Waals surface area contributed by atoms with E-state index in [9.17, 15) is 26.7 Å². The van der Waals surface area contributed by atoms with Crippen LogP contribution in [0.3, 0.4) is 0 Å². The van der Waals surface area contributed by atoms with Crippen molar-refractivity contribution < 1.29 is 30.3 Å². The smallest absolute Gasteiger partial charge is 0.508 e. The molecule has 0 radical (unpaired) electrons. The molecule has 0 heterocycles. The molecule has 2 aromatic rings. The predicted molar refractivity (Wildman–Crippen MR) is 86.1 cm³/mol. The van der Waals surface area contributed by atoms with E-state index in [1.807, 2.05) is 0 Å². The monoisotopic (exact) mass is 380 g/mol. The normalized spacial score (nSPS) is 16.3. The molecule has 0 fully saturated rings. The van der Waals surface area contributed by atoms with Gasteiger partial charge in [-0.1, -0.05) is 40.6 Å². The first-order valence-corrected chi connectivity index (χ1v) is 10.2. The molecule has 0 aliphatic carbocycles. The number of phenolic OH excluding ortho intramolecular Hbond substituents is 1. The van der Waals surface area contributed by atoms with E-state index in [1.54, 1.807) is 30.3 Å². The van der Waals surface area contributed by atoms with Gasteiger partial charge in [0.15, 0.2) is 0 Å². The van der Waals surface area contributed by atoms with Gasteiger partial charge in [-0.3, -0.25) is 0 Å². The zero-order chi connectivity index (χ0) is 18.0. The van der Waals surface area contributed by atoms with Gasteiger partial charge >= 0.3 is 15.6 Å². The molecule has 9 heteroatoms. The minimum Gasteiger partial charge on any atom is -0.508 e. The van der Waals surface area contributed by atoms with Crippen molar-refractivity contribution in [3.05, 3.63) is 60.2 Å². The molecule has 0 aliphatic heterocycles. The second kappa shape index (κ2) is 6.66. The summed E-state index contributed by atoms with van der Waals surface area (Å²) in [6, 6.07) is 13.8. The Kier molecular flexibility index (Phi) is 5.17.